The Labute approximate surface area is 217 Å². The maximum atomic E-state index is 12.9. The second-order valence-electron chi connectivity index (χ2n) is 10.0. The topological polar surface area (TPSA) is 81.5 Å². The molecule has 2 heterocycles. The molecule has 36 heavy (non-hydrogen) atoms. The number of ether oxygens (including phenoxy) is 1. The molecule has 1 aliphatic heterocycles. The number of carbonyl (C=O) groups is 1. The van der Waals surface area contributed by atoms with Crippen molar-refractivity contribution in [2.24, 2.45) is 0 Å². The fraction of sp³-hybridized carbons (Fsp3) is 0.464. The van der Waals surface area contributed by atoms with E-state index in [-0.39, 0.29) is 18.2 Å². The first-order valence-electron chi connectivity index (χ1n) is 12.8. The summed E-state index contributed by atoms with van der Waals surface area (Å²) in [6.07, 6.45) is 8.17. The molecule has 1 saturated carbocycles. The van der Waals surface area contributed by atoms with E-state index in [1.807, 2.05) is 43.1 Å². The standard InChI is InChI=1S/C28H33N5O2S/c1-18(2)35-25-10-7-19(15-20(25)16-29)27-30-17-26(36-27)23-6-4-5-22-21(23)8-9-24(22)31-28(34)33-13-11-32(3)12-14-33/h5,7,10,15,17-18,24H,4,6,8-9,11-14H2,1-3H3,(H,31,34). The number of allylic oxidation sites excluding steroid dienone is 2. The maximum Gasteiger partial charge on any atom is 0.317 e. The van der Waals surface area contributed by atoms with Gasteiger partial charge < -0.3 is 19.9 Å². The number of thiazole rings is 1. The summed E-state index contributed by atoms with van der Waals surface area (Å²) in [5.41, 5.74) is 5.47. The molecule has 0 bridgehead atoms. The van der Waals surface area contributed by atoms with Crippen molar-refractivity contribution in [3.8, 4) is 22.4 Å². The number of benzene rings is 1. The Hall–Kier alpha value is -3.15. The Balaban J connectivity index is 1.33. The first-order valence-corrected chi connectivity index (χ1v) is 13.6. The minimum atomic E-state index is 0.0120. The van der Waals surface area contributed by atoms with Crippen molar-refractivity contribution in [1.82, 2.24) is 20.1 Å². The van der Waals surface area contributed by atoms with Crippen LogP contribution in [0.25, 0.3) is 16.1 Å². The van der Waals surface area contributed by atoms with Gasteiger partial charge in [0.2, 0.25) is 0 Å². The van der Waals surface area contributed by atoms with Crippen molar-refractivity contribution in [2.75, 3.05) is 33.2 Å². The van der Waals surface area contributed by atoms with Crippen LogP contribution in [-0.2, 0) is 0 Å². The highest BCUT2D eigenvalue weighted by Gasteiger charge is 2.32. The van der Waals surface area contributed by atoms with E-state index in [1.165, 1.54) is 21.6 Å². The lowest BCUT2D eigenvalue weighted by Crippen LogP contribution is -2.52. The lowest BCUT2D eigenvalue weighted by atomic mass is 9.91. The summed E-state index contributed by atoms with van der Waals surface area (Å²) in [4.78, 5) is 23.0. The normalized spacial score (nSPS) is 20.2. The van der Waals surface area contributed by atoms with E-state index in [2.05, 4.69) is 29.4 Å². The highest BCUT2D eigenvalue weighted by Crippen LogP contribution is 2.44. The number of carbonyl (C=O) groups excluding carboxylic acids is 1. The summed E-state index contributed by atoms with van der Waals surface area (Å²) in [7, 11) is 2.10. The van der Waals surface area contributed by atoms with E-state index in [0.717, 1.165) is 62.4 Å². The number of rotatable bonds is 5. The summed E-state index contributed by atoms with van der Waals surface area (Å²) in [6.45, 7) is 7.32. The predicted octanol–water partition coefficient (Wildman–Crippen LogP) is 5.06. The third kappa shape index (κ3) is 5.04. The van der Waals surface area contributed by atoms with Crippen LogP contribution in [0.1, 0.15) is 50.0 Å². The fourth-order valence-corrected chi connectivity index (χ4v) is 6.25. The van der Waals surface area contributed by atoms with Gasteiger partial charge in [0.25, 0.3) is 0 Å². The van der Waals surface area contributed by atoms with Gasteiger partial charge in [-0.2, -0.15) is 5.26 Å². The van der Waals surface area contributed by atoms with Gasteiger partial charge in [-0.1, -0.05) is 6.08 Å². The molecule has 3 aliphatic rings. The number of nitriles is 1. The SMILES string of the molecule is CC(C)Oc1ccc(-c2ncc(C3=C4CCC(NC(=O)N5CCN(C)CC5)C4=CCC3)s2)cc1C#N. The monoisotopic (exact) mass is 503 g/mol. The van der Waals surface area contributed by atoms with Crippen LogP contribution in [0.2, 0.25) is 0 Å². The van der Waals surface area contributed by atoms with Crippen molar-refractivity contribution in [3.63, 3.8) is 0 Å². The van der Waals surface area contributed by atoms with Crippen molar-refractivity contribution < 1.29 is 9.53 Å². The first kappa shape index (κ1) is 24.5. The van der Waals surface area contributed by atoms with Crippen LogP contribution in [0.5, 0.6) is 5.75 Å². The molecule has 5 rings (SSSR count). The molecule has 1 aromatic heterocycles. The molecule has 0 radical (unpaired) electrons. The molecular weight excluding hydrogens is 470 g/mol. The summed E-state index contributed by atoms with van der Waals surface area (Å²) in [5, 5.41) is 13.8. The zero-order valence-electron chi connectivity index (χ0n) is 21.2. The Morgan fingerprint density at radius 2 is 2.03 bits per heavy atom. The minimum absolute atomic E-state index is 0.0120. The highest BCUT2D eigenvalue weighted by atomic mass is 32.1. The van der Waals surface area contributed by atoms with E-state index in [4.69, 9.17) is 9.72 Å². The summed E-state index contributed by atoms with van der Waals surface area (Å²) in [5.74, 6) is 0.607. The van der Waals surface area contributed by atoms with Gasteiger partial charge in [0.05, 0.1) is 22.6 Å². The van der Waals surface area contributed by atoms with E-state index < -0.39 is 0 Å². The third-order valence-electron chi connectivity index (χ3n) is 7.13. The number of likely N-dealkylation sites (N-methyl/N-ethyl adjacent to an activating group) is 1. The summed E-state index contributed by atoms with van der Waals surface area (Å²) < 4.78 is 5.77. The van der Waals surface area contributed by atoms with Crippen LogP contribution in [-0.4, -0.2) is 66.2 Å². The molecule has 1 saturated heterocycles. The Morgan fingerprint density at radius 1 is 1.22 bits per heavy atom. The number of urea groups is 1. The number of nitrogens with zero attached hydrogens (tertiary/aromatic N) is 4. The average molecular weight is 504 g/mol. The number of hydrogen-bond donors (Lipinski definition) is 1. The van der Waals surface area contributed by atoms with Gasteiger partial charge in [0.1, 0.15) is 16.8 Å². The van der Waals surface area contributed by atoms with Crippen molar-refractivity contribution in [2.45, 2.75) is 51.7 Å². The molecule has 2 aromatic rings. The number of amides is 2. The summed E-state index contributed by atoms with van der Waals surface area (Å²) >= 11 is 1.67. The maximum absolute atomic E-state index is 12.9. The number of fused-ring (bicyclic) bond motifs is 1. The number of nitrogens with one attached hydrogen (secondary N) is 1. The average Bonchev–Trinajstić information content (AvgIpc) is 3.52. The van der Waals surface area contributed by atoms with Crippen LogP contribution >= 0.6 is 11.3 Å². The molecule has 1 aromatic carbocycles. The second kappa shape index (κ2) is 10.5. The molecule has 2 amide bonds. The molecule has 2 fully saturated rings. The fourth-order valence-electron chi connectivity index (χ4n) is 5.24. The van der Waals surface area contributed by atoms with E-state index in [0.29, 0.717) is 11.3 Å². The Kier molecular flexibility index (Phi) is 7.13. The first-order chi connectivity index (χ1) is 17.4. The van der Waals surface area contributed by atoms with Gasteiger partial charge in [-0.15, -0.1) is 11.3 Å². The molecule has 188 valence electrons. The van der Waals surface area contributed by atoms with Crippen LogP contribution in [0.4, 0.5) is 4.79 Å². The minimum Gasteiger partial charge on any atom is -0.490 e. The van der Waals surface area contributed by atoms with E-state index in [1.54, 1.807) is 11.3 Å². The third-order valence-corrected chi connectivity index (χ3v) is 8.24. The van der Waals surface area contributed by atoms with E-state index in [9.17, 15) is 10.1 Å². The van der Waals surface area contributed by atoms with Crippen molar-refractivity contribution >= 4 is 22.9 Å². The predicted molar refractivity (Wildman–Crippen MR) is 143 cm³/mol. The molecule has 1 unspecified atom stereocenters. The largest absolute Gasteiger partial charge is 0.490 e. The smallest absolute Gasteiger partial charge is 0.317 e. The molecule has 1 atom stereocenters. The van der Waals surface area contributed by atoms with Gasteiger partial charge in [-0.3, -0.25) is 0 Å². The zero-order chi connectivity index (χ0) is 25.2. The van der Waals surface area contributed by atoms with Gasteiger partial charge >= 0.3 is 6.03 Å². The van der Waals surface area contributed by atoms with Crippen LogP contribution in [0, 0.1) is 11.3 Å². The van der Waals surface area contributed by atoms with Crippen molar-refractivity contribution in [3.05, 3.63) is 52.1 Å². The van der Waals surface area contributed by atoms with Gasteiger partial charge in [0, 0.05) is 37.9 Å². The van der Waals surface area contributed by atoms with E-state index >= 15 is 0 Å². The molecule has 1 N–H and O–H groups in total. The number of aromatic nitrogens is 1. The number of piperazine rings is 1. The van der Waals surface area contributed by atoms with Crippen molar-refractivity contribution in [1.29, 1.82) is 5.26 Å². The van der Waals surface area contributed by atoms with Gasteiger partial charge in [-0.05, 0) is 81.5 Å². The van der Waals surface area contributed by atoms with Crippen LogP contribution in [0.15, 0.2) is 41.6 Å². The lowest BCUT2D eigenvalue weighted by Gasteiger charge is -2.33. The zero-order valence-corrected chi connectivity index (χ0v) is 22.0. The quantitative estimate of drug-likeness (QED) is 0.617. The Bertz CT molecular complexity index is 1250. The molecule has 2 aliphatic carbocycles. The Morgan fingerprint density at radius 3 is 2.78 bits per heavy atom. The van der Waals surface area contributed by atoms with Crippen LogP contribution in [0.3, 0.4) is 0 Å². The number of hydrogen-bond acceptors (Lipinski definition) is 6. The molecule has 0 spiro atoms. The van der Waals surface area contributed by atoms with Gasteiger partial charge in [0.15, 0.2) is 0 Å². The van der Waals surface area contributed by atoms with Crippen LogP contribution < -0.4 is 10.1 Å². The molecule has 7 nitrogen and oxygen atoms in total. The molecular formula is C28H33N5O2S. The highest BCUT2D eigenvalue weighted by molar-refractivity contribution is 7.16. The summed E-state index contributed by atoms with van der Waals surface area (Å²) in [6, 6.07) is 8.10. The lowest BCUT2D eigenvalue weighted by molar-refractivity contribution is 0.153. The molecule has 8 heteroatoms. The van der Waals surface area contributed by atoms with Gasteiger partial charge in [-0.25, -0.2) is 9.78 Å². The second-order valence-corrected chi connectivity index (χ2v) is 11.0.